The molecule has 1 heterocycles. The van der Waals surface area contributed by atoms with E-state index in [-0.39, 0.29) is 49.8 Å². The van der Waals surface area contributed by atoms with Crippen LogP contribution in [0.2, 0.25) is 0 Å². The molecule has 1 fully saturated rings. The number of hydrogen-bond donors (Lipinski definition) is 16. The van der Waals surface area contributed by atoms with Crippen LogP contribution in [0.25, 0.3) is 0 Å². The number of rotatable bonds is 40. The third-order valence-electron chi connectivity index (χ3n) is 14.0. The zero-order valence-electron chi connectivity index (χ0n) is 50.7. The summed E-state index contributed by atoms with van der Waals surface area (Å²) < 4.78 is 0. The van der Waals surface area contributed by atoms with Gasteiger partial charge in [-0.2, -0.15) is 23.5 Å². The zero-order chi connectivity index (χ0) is 65.5. The van der Waals surface area contributed by atoms with Crippen LogP contribution >= 0.6 is 23.5 Å². The maximum absolute atomic E-state index is 14.4. The van der Waals surface area contributed by atoms with Crippen LogP contribution in [-0.2, 0) is 64.0 Å². The number of nitrogens with zero attached hydrogens (tertiary/aromatic N) is 2. The summed E-state index contributed by atoms with van der Waals surface area (Å²) in [6.45, 7) is 8.87. The molecule has 0 saturated carbocycles. The van der Waals surface area contributed by atoms with Crippen molar-refractivity contribution in [3.63, 3.8) is 0 Å². The number of likely N-dealkylation sites (N-methyl/N-ethyl adjacent to an activating group) is 1. The largest absolute Gasteiger partial charge is 0.480 e. The molecular formula is C55H91N15O15S2. The topological polar surface area (TPSA) is 479 Å². The van der Waals surface area contributed by atoms with Crippen LogP contribution < -0.4 is 70.4 Å². The Kier molecular flexibility index (Phi) is 34.4. The van der Waals surface area contributed by atoms with Crippen molar-refractivity contribution in [2.45, 2.75) is 172 Å². The maximum Gasteiger partial charge on any atom is 0.326 e. The van der Waals surface area contributed by atoms with Crippen molar-refractivity contribution in [2.75, 3.05) is 50.2 Å². The third kappa shape index (κ3) is 26.7. The van der Waals surface area contributed by atoms with Gasteiger partial charge in [0, 0.05) is 25.3 Å². The molecule has 0 radical (unpaired) electrons. The van der Waals surface area contributed by atoms with E-state index in [1.807, 2.05) is 12.2 Å². The fourth-order valence-corrected chi connectivity index (χ4v) is 10.2. The molecule has 0 bridgehead atoms. The number of carbonyl (C=O) groups excluding carboxylic acids is 11. The van der Waals surface area contributed by atoms with Crippen LogP contribution in [0, 0.1) is 5.92 Å². The number of aliphatic hydroxyl groups excluding tert-OH is 2. The summed E-state index contributed by atoms with van der Waals surface area (Å²) in [6.07, 6.45) is -0.249. The summed E-state index contributed by atoms with van der Waals surface area (Å²) in [4.78, 5) is 167. The Morgan fingerprint density at radius 1 is 0.678 bits per heavy atom. The van der Waals surface area contributed by atoms with Gasteiger partial charge in [-0.15, -0.1) is 0 Å². The number of benzene rings is 1. The van der Waals surface area contributed by atoms with Crippen LogP contribution in [0.1, 0.15) is 98.5 Å². The van der Waals surface area contributed by atoms with Crippen molar-refractivity contribution in [3.05, 3.63) is 35.9 Å². The second kappa shape index (κ2) is 39.5. The molecule has 0 aliphatic carbocycles. The van der Waals surface area contributed by atoms with Gasteiger partial charge in [0.1, 0.15) is 54.4 Å². The molecular weight excluding hydrogens is 1170 g/mol. The van der Waals surface area contributed by atoms with Crippen LogP contribution in [-0.4, -0.2) is 220 Å². The lowest BCUT2D eigenvalue weighted by atomic mass is 9.98. The lowest BCUT2D eigenvalue weighted by Gasteiger charge is -2.29. The average molecular weight is 1270 g/mol. The molecule has 1 aliphatic heterocycles. The van der Waals surface area contributed by atoms with Crippen LogP contribution in [0.4, 0.5) is 0 Å². The van der Waals surface area contributed by atoms with Gasteiger partial charge in [0.15, 0.2) is 5.96 Å². The predicted octanol–water partition coefficient (Wildman–Crippen LogP) is -4.46. The average Bonchev–Trinajstić information content (AvgIpc) is 3.01. The van der Waals surface area contributed by atoms with Crippen molar-refractivity contribution in [1.29, 1.82) is 0 Å². The summed E-state index contributed by atoms with van der Waals surface area (Å²) in [5, 5.41) is 55.9. The van der Waals surface area contributed by atoms with Crippen LogP contribution in [0.3, 0.4) is 0 Å². The van der Waals surface area contributed by atoms with Gasteiger partial charge in [-0.1, -0.05) is 57.5 Å². The normalized spacial score (nSPS) is 17.0. The molecule has 1 saturated heterocycles. The number of aliphatic hydroxyl groups is 2. The van der Waals surface area contributed by atoms with Crippen molar-refractivity contribution in [2.24, 2.45) is 28.1 Å². The predicted molar refractivity (Wildman–Crippen MR) is 327 cm³/mol. The Hall–Kier alpha value is -7.29. The quantitative estimate of drug-likeness (QED) is 0.0167. The van der Waals surface area contributed by atoms with E-state index in [2.05, 4.69) is 52.8 Å². The molecule has 1 aromatic carbocycles. The Morgan fingerprint density at radius 3 is 1.78 bits per heavy atom. The molecule has 1 aromatic rings. The van der Waals surface area contributed by atoms with E-state index in [4.69, 9.17) is 17.2 Å². The first-order valence-corrected chi connectivity index (χ1v) is 31.4. The Morgan fingerprint density at radius 2 is 1.23 bits per heavy atom. The number of aliphatic carboxylic acids is 1. The SMILES string of the molecule is CCCSCC(NC(=O)C(NC(=O)CNC(=O)C(CCSC)NC(=O)C(CCCN=C(N)N)NC(=O)C(Cc1ccccc1)NC(=O)C1CCCN1C(=O)C(C)NC)C(C)CC)C(=O)NC(C(=O)NC(C(=O)NC(CC(N)=O)C(=O)O)C(C)O)C(C)O. The van der Waals surface area contributed by atoms with Gasteiger partial charge in [-0.3, -0.25) is 57.7 Å². The fourth-order valence-electron chi connectivity index (χ4n) is 8.80. The van der Waals surface area contributed by atoms with Gasteiger partial charge in [0.2, 0.25) is 65.0 Å². The molecule has 488 valence electrons. The minimum Gasteiger partial charge on any atom is -0.480 e. The smallest absolute Gasteiger partial charge is 0.326 e. The van der Waals surface area contributed by atoms with Gasteiger partial charge in [-0.05, 0) is 95.6 Å². The molecule has 30 nitrogen and oxygen atoms in total. The van der Waals surface area contributed by atoms with Gasteiger partial charge in [-0.25, -0.2) is 4.79 Å². The second-order valence-electron chi connectivity index (χ2n) is 21.1. The summed E-state index contributed by atoms with van der Waals surface area (Å²) in [5.74, 6) is -10.9. The summed E-state index contributed by atoms with van der Waals surface area (Å²) in [6, 6.07) is -4.62. The minimum atomic E-state index is -1.86. The number of nitrogens with one attached hydrogen (secondary N) is 10. The molecule has 13 unspecified atom stereocenters. The number of likely N-dealkylation sites (tertiary alicyclic amines) is 1. The molecule has 11 amide bonds. The lowest BCUT2D eigenvalue weighted by molar-refractivity contribution is -0.144. The van der Waals surface area contributed by atoms with E-state index < -0.39 is 157 Å². The lowest BCUT2D eigenvalue weighted by Crippen LogP contribution is -2.63. The first kappa shape index (κ1) is 75.8. The maximum atomic E-state index is 14.4. The van der Waals surface area contributed by atoms with E-state index in [1.165, 1.54) is 28.4 Å². The molecule has 32 heteroatoms. The Balaban J connectivity index is 2.35. The van der Waals surface area contributed by atoms with Crippen molar-refractivity contribution < 1.29 is 72.9 Å². The number of aliphatic imine (C=N–C) groups is 1. The molecule has 13 atom stereocenters. The van der Waals surface area contributed by atoms with Crippen molar-refractivity contribution in [1.82, 2.24) is 58.1 Å². The molecule has 2 rings (SSSR count). The number of primary amides is 1. The number of hydrogen-bond acceptors (Lipinski definition) is 18. The highest BCUT2D eigenvalue weighted by Crippen LogP contribution is 2.20. The summed E-state index contributed by atoms with van der Waals surface area (Å²) >= 11 is 2.62. The number of nitrogens with two attached hydrogens (primary N) is 3. The number of guanidine groups is 1. The van der Waals surface area contributed by atoms with E-state index in [0.717, 1.165) is 13.8 Å². The van der Waals surface area contributed by atoms with Gasteiger partial charge in [0.05, 0.1) is 31.2 Å². The van der Waals surface area contributed by atoms with Gasteiger partial charge < -0.3 is 90.6 Å². The summed E-state index contributed by atoms with van der Waals surface area (Å²) in [5.41, 5.74) is 16.9. The fraction of sp³-hybridized carbons (Fsp3) is 0.655. The van der Waals surface area contributed by atoms with E-state index in [9.17, 15) is 72.9 Å². The van der Waals surface area contributed by atoms with Crippen molar-refractivity contribution in [3.8, 4) is 0 Å². The number of thioether (sulfide) groups is 2. The zero-order valence-corrected chi connectivity index (χ0v) is 52.3. The minimum absolute atomic E-state index is 0.00818. The standard InChI is InChI=1S/C55H91N15O15S2/c1-9-23-87-28-38(48(78)68-44(32(6)72)52(82)69-43(31(5)71)51(81)65-37(54(84)85)26-40(56)73)66-50(80)42(29(3)10-2)67-41(74)27-61-45(75)35(20-24-86-8)63-46(76)34(18-14-21-60-55(57)58)62-47(77)36(25-33-16-12-11-13-17-33)64-49(79)39-19-15-22-70(39)53(83)30(4)59-7/h11-13,16-17,29-32,34-39,42-44,59,71-72H,9-10,14-15,18-28H2,1-8H3,(H2,56,73)(H,61,75)(H,62,77)(H,63,76)(H,64,79)(H,65,81)(H,66,80)(H,67,74)(H,68,78)(H,69,82)(H,84,85)(H4,57,58,60). The Bertz CT molecular complexity index is 2510. The van der Waals surface area contributed by atoms with E-state index >= 15 is 0 Å². The van der Waals surface area contributed by atoms with Crippen LogP contribution in [0.5, 0.6) is 0 Å². The summed E-state index contributed by atoms with van der Waals surface area (Å²) in [7, 11) is 1.63. The molecule has 0 spiro atoms. The van der Waals surface area contributed by atoms with Crippen LogP contribution in [0.15, 0.2) is 35.3 Å². The highest BCUT2D eigenvalue weighted by Gasteiger charge is 2.40. The molecule has 1 aliphatic rings. The van der Waals surface area contributed by atoms with E-state index in [1.54, 1.807) is 64.4 Å². The Labute approximate surface area is 515 Å². The number of carbonyl (C=O) groups is 12. The number of carboxylic acids is 1. The van der Waals surface area contributed by atoms with Gasteiger partial charge >= 0.3 is 5.97 Å². The molecule has 87 heavy (non-hydrogen) atoms. The third-order valence-corrected chi connectivity index (χ3v) is 15.9. The first-order chi connectivity index (χ1) is 41.1. The molecule has 0 aromatic heterocycles. The van der Waals surface area contributed by atoms with E-state index in [0.29, 0.717) is 49.3 Å². The number of carboxylic acid groups (broad SMARTS) is 1. The van der Waals surface area contributed by atoms with Crippen molar-refractivity contribution >= 4 is 100 Å². The first-order valence-electron chi connectivity index (χ1n) is 28.8. The second-order valence-corrected chi connectivity index (χ2v) is 23.2. The number of amides is 11. The highest BCUT2D eigenvalue weighted by molar-refractivity contribution is 7.99. The van der Waals surface area contributed by atoms with Gasteiger partial charge in [0.25, 0.3) is 0 Å². The highest BCUT2D eigenvalue weighted by atomic mass is 32.2. The molecule has 19 N–H and O–H groups in total. The monoisotopic (exact) mass is 1270 g/mol.